The fourth-order valence-corrected chi connectivity index (χ4v) is 4.81. The number of ether oxygens (including phenoxy) is 1. The first-order valence-corrected chi connectivity index (χ1v) is 12.4. The molecule has 5 rings (SSSR count). The summed E-state index contributed by atoms with van der Waals surface area (Å²) in [6.07, 6.45) is 1.66. The van der Waals surface area contributed by atoms with Crippen LogP contribution in [0.3, 0.4) is 0 Å². The number of fused-ring (bicyclic) bond motifs is 1. The quantitative estimate of drug-likeness (QED) is 0.300. The number of carbonyl (C=O) groups is 1. The van der Waals surface area contributed by atoms with Crippen LogP contribution in [0.4, 0.5) is 8.78 Å². The molecule has 0 aliphatic carbocycles. The summed E-state index contributed by atoms with van der Waals surface area (Å²) in [6.45, 7) is 7.89. The summed E-state index contributed by atoms with van der Waals surface area (Å²) in [5.74, 6) is -1.26. The van der Waals surface area contributed by atoms with Crippen LogP contribution in [0.25, 0.3) is 10.9 Å². The van der Waals surface area contributed by atoms with Gasteiger partial charge >= 0.3 is 0 Å². The lowest BCUT2D eigenvalue weighted by atomic mass is 10.2. The lowest BCUT2D eigenvalue weighted by molar-refractivity contribution is 0.0619. The smallest absolute Gasteiger partial charge is 0.270 e. The van der Waals surface area contributed by atoms with Crippen molar-refractivity contribution in [2.24, 2.45) is 0 Å². The molecule has 2 heterocycles. The van der Waals surface area contributed by atoms with Crippen LogP contribution in [-0.2, 0) is 13.1 Å². The number of halogens is 2. The first kappa shape index (κ1) is 24.7. The zero-order chi connectivity index (χ0) is 25.8. The second-order valence-electron chi connectivity index (χ2n) is 9.21. The van der Waals surface area contributed by atoms with E-state index in [1.807, 2.05) is 51.9 Å². The Morgan fingerprint density at radius 2 is 1.65 bits per heavy atom. The normalized spacial score (nSPS) is 14.2. The molecule has 1 fully saturated rings. The minimum absolute atomic E-state index is 0.0900. The molecule has 0 atom stereocenters. The highest BCUT2D eigenvalue weighted by atomic mass is 19.2. The molecule has 1 amide bonds. The lowest BCUT2D eigenvalue weighted by Gasteiger charge is -2.35. The largest absolute Gasteiger partial charge is 0.489 e. The number of rotatable bonds is 8. The number of hydrogen-bond acceptors (Lipinski definition) is 3. The molecule has 0 spiro atoms. The van der Waals surface area contributed by atoms with Crippen LogP contribution in [0.2, 0.25) is 0 Å². The molecule has 37 heavy (non-hydrogen) atoms. The predicted octanol–water partition coefficient (Wildman–Crippen LogP) is 5.49. The fraction of sp³-hybridized carbons (Fsp3) is 0.233. The second kappa shape index (κ2) is 11.0. The van der Waals surface area contributed by atoms with E-state index in [9.17, 15) is 13.6 Å². The Kier molecular flexibility index (Phi) is 7.32. The van der Waals surface area contributed by atoms with Gasteiger partial charge in [-0.3, -0.25) is 9.69 Å². The average Bonchev–Trinajstić information content (AvgIpc) is 3.29. The van der Waals surface area contributed by atoms with Crippen molar-refractivity contribution >= 4 is 16.8 Å². The highest BCUT2D eigenvalue weighted by molar-refractivity contribution is 6.00. The number of hydrogen-bond donors (Lipinski definition) is 0. The molecule has 4 aromatic rings. The fourth-order valence-electron chi connectivity index (χ4n) is 4.81. The van der Waals surface area contributed by atoms with Gasteiger partial charge in [0, 0.05) is 44.7 Å². The third-order valence-corrected chi connectivity index (χ3v) is 6.71. The second-order valence-corrected chi connectivity index (χ2v) is 9.21. The van der Waals surface area contributed by atoms with Gasteiger partial charge in [0.25, 0.3) is 5.91 Å². The average molecular weight is 502 g/mol. The predicted molar refractivity (Wildman–Crippen MR) is 141 cm³/mol. The zero-order valence-electron chi connectivity index (χ0n) is 20.6. The van der Waals surface area contributed by atoms with Crippen LogP contribution in [0.15, 0.2) is 85.5 Å². The minimum atomic E-state index is -0.911. The van der Waals surface area contributed by atoms with Crippen LogP contribution >= 0.6 is 0 Å². The Balaban J connectivity index is 1.42. The lowest BCUT2D eigenvalue weighted by Crippen LogP contribution is -2.48. The molecule has 0 unspecified atom stereocenters. The van der Waals surface area contributed by atoms with Crippen LogP contribution in [0.1, 0.15) is 21.6 Å². The molecule has 0 bridgehead atoms. The summed E-state index contributed by atoms with van der Waals surface area (Å²) in [5.41, 5.74) is 3.10. The van der Waals surface area contributed by atoms with Gasteiger partial charge in [0.05, 0.1) is 5.52 Å². The number of aromatic nitrogens is 1. The first-order chi connectivity index (χ1) is 18.0. The van der Waals surface area contributed by atoms with Gasteiger partial charge in [-0.25, -0.2) is 8.78 Å². The van der Waals surface area contributed by atoms with E-state index in [0.29, 0.717) is 36.7 Å². The van der Waals surface area contributed by atoms with Gasteiger partial charge < -0.3 is 14.2 Å². The molecule has 0 N–H and O–H groups in total. The van der Waals surface area contributed by atoms with Crippen molar-refractivity contribution in [3.05, 3.63) is 114 Å². The molecule has 5 nitrogen and oxygen atoms in total. The molecule has 1 saturated heterocycles. The summed E-state index contributed by atoms with van der Waals surface area (Å²) >= 11 is 0. The summed E-state index contributed by atoms with van der Waals surface area (Å²) in [6, 6.07) is 21.6. The number of nitrogens with zero attached hydrogens (tertiary/aromatic N) is 3. The Morgan fingerprint density at radius 1 is 0.865 bits per heavy atom. The first-order valence-electron chi connectivity index (χ1n) is 12.4. The molecular weight excluding hydrogens is 472 g/mol. The summed E-state index contributed by atoms with van der Waals surface area (Å²) in [4.78, 5) is 18.0. The van der Waals surface area contributed by atoms with Crippen molar-refractivity contribution in [3.63, 3.8) is 0 Å². The molecule has 3 aromatic carbocycles. The Morgan fingerprint density at radius 3 is 2.38 bits per heavy atom. The standard InChI is InChI=1S/C30H29F2N3O2/c1-2-17-37-29-10-6-9-27-24(29)19-28(35(27)21-23-11-12-25(31)26(32)18-23)30(36)34-15-13-33(14-16-34)20-22-7-4-3-5-8-22/h2-12,18-19H,1,13-17,20-21H2. The van der Waals surface area contributed by atoms with E-state index in [1.165, 1.54) is 11.6 Å². The maximum Gasteiger partial charge on any atom is 0.270 e. The molecule has 7 heteroatoms. The van der Waals surface area contributed by atoms with E-state index in [2.05, 4.69) is 23.6 Å². The number of benzene rings is 3. The Bertz CT molecular complexity index is 1410. The van der Waals surface area contributed by atoms with Gasteiger partial charge in [0.15, 0.2) is 11.6 Å². The van der Waals surface area contributed by atoms with Crippen molar-refractivity contribution in [3.8, 4) is 5.75 Å². The highest BCUT2D eigenvalue weighted by Crippen LogP contribution is 2.31. The van der Waals surface area contributed by atoms with E-state index < -0.39 is 11.6 Å². The van der Waals surface area contributed by atoms with Crippen molar-refractivity contribution in [1.82, 2.24) is 14.4 Å². The van der Waals surface area contributed by atoms with Gasteiger partial charge in [-0.15, -0.1) is 0 Å². The van der Waals surface area contributed by atoms with Gasteiger partial charge in [-0.1, -0.05) is 55.1 Å². The zero-order valence-corrected chi connectivity index (χ0v) is 20.6. The van der Waals surface area contributed by atoms with Gasteiger partial charge in [-0.2, -0.15) is 0 Å². The molecule has 1 aliphatic heterocycles. The van der Waals surface area contributed by atoms with Crippen LogP contribution in [0.5, 0.6) is 5.75 Å². The van der Waals surface area contributed by atoms with Crippen molar-refractivity contribution in [1.29, 1.82) is 0 Å². The number of amides is 1. The number of carbonyl (C=O) groups excluding carboxylic acids is 1. The van der Waals surface area contributed by atoms with E-state index in [1.54, 1.807) is 12.1 Å². The van der Waals surface area contributed by atoms with E-state index in [0.717, 1.165) is 36.6 Å². The van der Waals surface area contributed by atoms with Crippen LogP contribution in [-0.4, -0.2) is 53.1 Å². The Labute approximate surface area is 215 Å². The highest BCUT2D eigenvalue weighted by Gasteiger charge is 2.26. The Hall–Kier alpha value is -3.97. The SMILES string of the molecule is C=CCOc1cccc2c1cc(C(=O)N1CCN(Cc3ccccc3)CC1)n2Cc1ccc(F)c(F)c1. The third-order valence-electron chi connectivity index (χ3n) is 6.71. The van der Waals surface area contributed by atoms with Crippen LogP contribution in [0, 0.1) is 11.6 Å². The maximum atomic E-state index is 14.0. The molecule has 190 valence electrons. The van der Waals surface area contributed by atoms with Crippen molar-refractivity contribution in [2.45, 2.75) is 13.1 Å². The van der Waals surface area contributed by atoms with E-state index in [-0.39, 0.29) is 12.5 Å². The van der Waals surface area contributed by atoms with Crippen LogP contribution < -0.4 is 4.74 Å². The third kappa shape index (κ3) is 5.42. The molecule has 1 aliphatic rings. The summed E-state index contributed by atoms with van der Waals surface area (Å²) in [7, 11) is 0. The molecule has 1 aromatic heterocycles. The molecule has 0 radical (unpaired) electrons. The topological polar surface area (TPSA) is 37.7 Å². The molecular formula is C30H29F2N3O2. The van der Waals surface area contributed by atoms with E-state index >= 15 is 0 Å². The summed E-state index contributed by atoms with van der Waals surface area (Å²) < 4.78 is 35.2. The minimum Gasteiger partial charge on any atom is -0.489 e. The van der Waals surface area contributed by atoms with Gasteiger partial charge in [-0.05, 0) is 41.5 Å². The van der Waals surface area contributed by atoms with E-state index in [4.69, 9.17) is 4.74 Å². The summed E-state index contributed by atoms with van der Waals surface area (Å²) in [5, 5.41) is 0.790. The maximum absolute atomic E-state index is 14.0. The molecule has 0 saturated carbocycles. The number of piperazine rings is 1. The van der Waals surface area contributed by atoms with Crippen molar-refractivity contribution in [2.75, 3.05) is 32.8 Å². The monoisotopic (exact) mass is 501 g/mol. The van der Waals surface area contributed by atoms with Crippen molar-refractivity contribution < 1.29 is 18.3 Å². The van der Waals surface area contributed by atoms with Gasteiger partial charge in [0.2, 0.25) is 0 Å². The van der Waals surface area contributed by atoms with Gasteiger partial charge in [0.1, 0.15) is 18.1 Å².